The largest absolute Gasteiger partial charge is 0.480 e. The first-order valence-electron chi connectivity index (χ1n) is 6.01. The number of nitro groups is 1. The van der Waals surface area contributed by atoms with E-state index < -0.39 is 11.0 Å². The minimum Gasteiger partial charge on any atom is -0.480 e. The number of carbonyl (C=O) groups is 1. The highest BCUT2D eigenvalue weighted by molar-refractivity contribution is 6.29. The van der Waals surface area contributed by atoms with Gasteiger partial charge in [0.15, 0.2) is 5.03 Å². The van der Waals surface area contributed by atoms with Gasteiger partial charge >= 0.3 is 5.97 Å². The Bertz CT molecular complexity index is 576. The smallest absolute Gasteiger partial charge is 0.323 e. The van der Waals surface area contributed by atoms with Gasteiger partial charge in [0.1, 0.15) is 16.8 Å². The first kappa shape index (κ1) is 15.0. The summed E-state index contributed by atoms with van der Waals surface area (Å²) in [6.45, 7) is 0.817. The summed E-state index contributed by atoms with van der Waals surface area (Å²) < 4.78 is 0. The molecule has 1 N–H and O–H groups in total. The lowest BCUT2D eigenvalue weighted by Gasteiger charge is -2.19. The van der Waals surface area contributed by atoms with E-state index in [9.17, 15) is 14.9 Å². The number of halogens is 1. The van der Waals surface area contributed by atoms with E-state index in [0.29, 0.717) is 24.8 Å². The number of carboxylic acids is 1. The monoisotopic (exact) mass is 313 g/mol. The third-order valence-electron chi connectivity index (χ3n) is 2.86. The fraction of sp³-hybridized carbons (Fsp3) is 0.364. The zero-order chi connectivity index (χ0) is 15.4. The second-order valence-electron chi connectivity index (χ2n) is 4.36. The van der Waals surface area contributed by atoms with Crippen LogP contribution >= 0.6 is 11.6 Å². The first-order chi connectivity index (χ1) is 9.95. The minimum absolute atomic E-state index is 0.0392. The topological polar surface area (TPSA) is 112 Å². The third kappa shape index (κ3) is 4.02. The Morgan fingerprint density at radius 3 is 2.76 bits per heavy atom. The summed E-state index contributed by atoms with van der Waals surface area (Å²) in [5, 5.41) is 22.2. The van der Waals surface area contributed by atoms with Crippen molar-refractivity contribution in [3.63, 3.8) is 0 Å². The molecule has 0 aromatic carbocycles. The Morgan fingerprint density at radius 2 is 2.19 bits per heavy atom. The van der Waals surface area contributed by atoms with Crippen LogP contribution in [0.5, 0.6) is 0 Å². The lowest BCUT2D eigenvalue weighted by molar-refractivity contribution is -0.486. The second kappa shape index (κ2) is 6.35. The number of hydrazone groups is 1. The van der Waals surface area contributed by atoms with Crippen LogP contribution in [0.2, 0.25) is 5.15 Å². The van der Waals surface area contributed by atoms with Gasteiger partial charge in [-0.25, -0.2) is 15.1 Å². The Balaban J connectivity index is 2.16. The molecule has 0 radical (unpaired) electrons. The maximum absolute atomic E-state index is 10.8. The number of carboxylic acid groups (broad SMARTS) is 1. The van der Waals surface area contributed by atoms with Crippen molar-refractivity contribution >= 4 is 23.5 Å². The molecule has 1 fully saturated rings. The zero-order valence-electron chi connectivity index (χ0n) is 10.8. The van der Waals surface area contributed by atoms with Gasteiger partial charge in [-0.05, 0) is 11.6 Å². The van der Waals surface area contributed by atoms with E-state index in [1.54, 1.807) is 23.2 Å². The fourth-order valence-corrected chi connectivity index (χ4v) is 2.14. The Labute approximate surface area is 124 Å². The number of pyridine rings is 1. The number of aromatic nitrogens is 1. The van der Waals surface area contributed by atoms with Crippen molar-refractivity contribution in [3.05, 3.63) is 39.2 Å². The molecule has 1 aromatic heterocycles. The van der Waals surface area contributed by atoms with Crippen molar-refractivity contribution in [3.8, 4) is 0 Å². The Morgan fingerprint density at radius 1 is 1.48 bits per heavy atom. The number of nitrogens with zero attached hydrogens (tertiary/aromatic N) is 5. The van der Waals surface area contributed by atoms with Crippen LogP contribution in [0.15, 0.2) is 23.4 Å². The maximum atomic E-state index is 10.8. The van der Waals surface area contributed by atoms with E-state index in [1.165, 1.54) is 4.90 Å². The normalized spacial score (nSPS) is 16.5. The summed E-state index contributed by atoms with van der Waals surface area (Å²) in [5.74, 6) is -1.03. The Kier molecular flexibility index (Phi) is 4.53. The summed E-state index contributed by atoms with van der Waals surface area (Å²) in [7, 11) is 0. The molecule has 10 heteroatoms. The van der Waals surface area contributed by atoms with Gasteiger partial charge in [-0.3, -0.25) is 4.79 Å². The number of rotatable bonds is 5. The van der Waals surface area contributed by atoms with E-state index in [4.69, 9.17) is 16.7 Å². The van der Waals surface area contributed by atoms with E-state index in [0.717, 1.165) is 5.56 Å². The molecule has 0 atom stereocenters. The van der Waals surface area contributed by atoms with Crippen LogP contribution in [0.4, 0.5) is 0 Å². The van der Waals surface area contributed by atoms with Gasteiger partial charge in [0, 0.05) is 25.8 Å². The molecule has 1 aromatic rings. The van der Waals surface area contributed by atoms with Crippen molar-refractivity contribution in [1.29, 1.82) is 0 Å². The quantitative estimate of drug-likeness (QED) is 0.478. The van der Waals surface area contributed by atoms with E-state index in [1.807, 2.05) is 0 Å². The Hall–Kier alpha value is -2.42. The zero-order valence-corrected chi connectivity index (χ0v) is 11.6. The van der Waals surface area contributed by atoms with Gasteiger partial charge in [0.25, 0.3) is 5.96 Å². The highest BCUT2D eigenvalue weighted by Gasteiger charge is 2.31. The summed E-state index contributed by atoms with van der Waals surface area (Å²) in [4.78, 5) is 28.3. The summed E-state index contributed by atoms with van der Waals surface area (Å²) in [6.07, 6.45) is 1.56. The third-order valence-corrected chi connectivity index (χ3v) is 3.09. The number of hydrogen-bond acceptors (Lipinski definition) is 4. The molecule has 0 unspecified atom stereocenters. The highest BCUT2D eigenvalue weighted by Crippen LogP contribution is 2.14. The molecule has 2 rings (SSSR count). The first-order valence-corrected chi connectivity index (χ1v) is 6.38. The summed E-state index contributed by atoms with van der Waals surface area (Å²) in [6, 6.07) is 3.37. The average molecular weight is 314 g/mol. The number of guanidine groups is 1. The van der Waals surface area contributed by atoms with E-state index in [-0.39, 0.29) is 12.5 Å². The average Bonchev–Trinajstić information content (AvgIpc) is 2.74. The molecule has 1 saturated heterocycles. The van der Waals surface area contributed by atoms with Crippen LogP contribution in [0.3, 0.4) is 0 Å². The molecule has 0 saturated carbocycles. The van der Waals surface area contributed by atoms with Crippen LogP contribution < -0.4 is 0 Å². The predicted octanol–water partition coefficient (Wildman–Crippen LogP) is 0.485. The van der Waals surface area contributed by atoms with E-state index >= 15 is 0 Å². The molecule has 9 nitrogen and oxygen atoms in total. The van der Waals surface area contributed by atoms with Crippen molar-refractivity contribution in [2.75, 3.05) is 19.6 Å². The standard InChI is InChI=1S/C11H12ClN5O4/c12-9-2-1-8(5-13-9)6-15-3-4-16(7-10(18)19)11(15)14-17(20)21/h1-2,5H,3-4,6-7H2,(H,18,19). The minimum atomic E-state index is -1.07. The second-order valence-corrected chi connectivity index (χ2v) is 4.75. The number of hydrogen-bond donors (Lipinski definition) is 1. The molecule has 2 heterocycles. The van der Waals surface area contributed by atoms with Gasteiger partial charge < -0.3 is 14.9 Å². The van der Waals surface area contributed by atoms with Crippen molar-refractivity contribution in [1.82, 2.24) is 14.8 Å². The van der Waals surface area contributed by atoms with Crippen molar-refractivity contribution < 1.29 is 14.9 Å². The molecule has 1 aliphatic rings. The fourth-order valence-electron chi connectivity index (χ4n) is 2.02. The van der Waals surface area contributed by atoms with Gasteiger partial charge in [0.05, 0.1) is 0 Å². The van der Waals surface area contributed by atoms with Crippen molar-refractivity contribution in [2.45, 2.75) is 6.54 Å². The van der Waals surface area contributed by atoms with Gasteiger partial charge in [-0.1, -0.05) is 17.7 Å². The van der Waals surface area contributed by atoms with Crippen LogP contribution in [0.1, 0.15) is 5.56 Å². The van der Waals surface area contributed by atoms with Crippen LogP contribution in [0.25, 0.3) is 0 Å². The molecule has 0 spiro atoms. The summed E-state index contributed by atoms with van der Waals surface area (Å²) >= 11 is 5.70. The molecule has 0 aliphatic carbocycles. The predicted molar refractivity (Wildman–Crippen MR) is 73.3 cm³/mol. The maximum Gasteiger partial charge on any atom is 0.323 e. The number of aliphatic carboxylic acids is 1. The lowest BCUT2D eigenvalue weighted by atomic mass is 10.3. The van der Waals surface area contributed by atoms with Gasteiger partial charge in [-0.2, -0.15) is 0 Å². The lowest BCUT2D eigenvalue weighted by Crippen LogP contribution is -2.37. The molecule has 0 amide bonds. The SMILES string of the molecule is O=C(O)CN1CCN(Cc2ccc(Cl)nc2)C1=N[N+](=O)[O-]. The van der Waals surface area contributed by atoms with E-state index in [2.05, 4.69) is 10.1 Å². The van der Waals surface area contributed by atoms with Gasteiger partial charge in [0.2, 0.25) is 0 Å². The van der Waals surface area contributed by atoms with Crippen LogP contribution in [-0.4, -0.2) is 56.5 Å². The van der Waals surface area contributed by atoms with Crippen LogP contribution in [-0.2, 0) is 11.3 Å². The molecular formula is C11H12ClN5O4. The molecule has 21 heavy (non-hydrogen) atoms. The van der Waals surface area contributed by atoms with Gasteiger partial charge in [-0.15, -0.1) is 0 Å². The van der Waals surface area contributed by atoms with Crippen molar-refractivity contribution in [2.24, 2.45) is 5.10 Å². The molecular weight excluding hydrogens is 302 g/mol. The van der Waals surface area contributed by atoms with Crippen LogP contribution in [0, 0.1) is 10.1 Å². The molecule has 0 bridgehead atoms. The summed E-state index contributed by atoms with van der Waals surface area (Å²) in [5.41, 5.74) is 0.799. The molecule has 1 aliphatic heterocycles. The molecule has 112 valence electrons. The highest BCUT2D eigenvalue weighted by atomic mass is 35.5.